The summed E-state index contributed by atoms with van der Waals surface area (Å²) in [5.41, 5.74) is -0.806. The number of benzene rings is 1. The molecular weight excluding hydrogens is 330 g/mol. The van der Waals surface area contributed by atoms with Crippen molar-refractivity contribution in [1.29, 1.82) is 0 Å². The standard InChI is InChI=1S/C13H10ClN3O6/c1-7-4-11(16-23-7)15-12(18)6-22-13(19)9-3-2-8(14)5-10(9)17(20)21/h2-5H,6H2,1H3,(H,15,16,18). The lowest BCUT2D eigenvalue weighted by atomic mass is 10.2. The highest BCUT2D eigenvalue weighted by Gasteiger charge is 2.22. The number of aromatic nitrogens is 1. The van der Waals surface area contributed by atoms with E-state index >= 15 is 0 Å². The van der Waals surface area contributed by atoms with Crippen molar-refractivity contribution in [3.05, 3.63) is 50.7 Å². The van der Waals surface area contributed by atoms with E-state index in [9.17, 15) is 19.7 Å². The number of halogens is 1. The van der Waals surface area contributed by atoms with E-state index in [2.05, 4.69) is 10.5 Å². The molecule has 0 unspecified atom stereocenters. The number of nitrogens with zero attached hydrogens (tertiary/aromatic N) is 2. The molecule has 0 aliphatic rings. The first-order valence-electron chi connectivity index (χ1n) is 6.21. The fraction of sp³-hybridized carbons (Fsp3) is 0.154. The van der Waals surface area contributed by atoms with Crippen molar-refractivity contribution < 1.29 is 23.8 Å². The van der Waals surface area contributed by atoms with E-state index in [1.165, 1.54) is 12.1 Å². The SMILES string of the molecule is Cc1cc(NC(=O)COC(=O)c2ccc(Cl)cc2[N+](=O)[O-])no1. The Balaban J connectivity index is 1.99. The zero-order valence-electron chi connectivity index (χ0n) is 11.7. The van der Waals surface area contributed by atoms with Crippen molar-refractivity contribution in [3.8, 4) is 0 Å². The number of ether oxygens (including phenoxy) is 1. The molecule has 0 aliphatic carbocycles. The zero-order valence-corrected chi connectivity index (χ0v) is 12.5. The minimum atomic E-state index is -1.01. The number of esters is 1. The molecule has 0 fully saturated rings. The summed E-state index contributed by atoms with van der Waals surface area (Å²) >= 11 is 5.65. The molecule has 0 saturated heterocycles. The first-order chi connectivity index (χ1) is 10.9. The van der Waals surface area contributed by atoms with E-state index in [0.717, 1.165) is 12.1 Å². The minimum Gasteiger partial charge on any atom is -0.452 e. The van der Waals surface area contributed by atoms with Gasteiger partial charge < -0.3 is 14.6 Å². The van der Waals surface area contributed by atoms with E-state index in [0.29, 0.717) is 5.76 Å². The molecule has 1 N–H and O–H groups in total. The fourth-order valence-electron chi connectivity index (χ4n) is 1.64. The summed E-state index contributed by atoms with van der Waals surface area (Å²) in [6.45, 7) is 1.01. The molecule has 0 radical (unpaired) electrons. The van der Waals surface area contributed by atoms with E-state index in [4.69, 9.17) is 20.9 Å². The number of anilines is 1. The second-order valence-electron chi connectivity index (χ2n) is 4.37. The van der Waals surface area contributed by atoms with Crippen molar-refractivity contribution >= 4 is 35.0 Å². The van der Waals surface area contributed by atoms with Gasteiger partial charge in [0, 0.05) is 17.2 Å². The van der Waals surface area contributed by atoms with Crippen LogP contribution in [0.4, 0.5) is 11.5 Å². The van der Waals surface area contributed by atoms with Crippen LogP contribution >= 0.6 is 11.6 Å². The lowest BCUT2D eigenvalue weighted by molar-refractivity contribution is -0.385. The van der Waals surface area contributed by atoms with E-state index in [1.54, 1.807) is 6.92 Å². The van der Waals surface area contributed by atoms with Crippen LogP contribution in [0.25, 0.3) is 0 Å². The summed E-state index contributed by atoms with van der Waals surface area (Å²) < 4.78 is 9.50. The quantitative estimate of drug-likeness (QED) is 0.503. The number of amides is 1. The summed E-state index contributed by atoms with van der Waals surface area (Å²) in [6.07, 6.45) is 0. The molecule has 23 heavy (non-hydrogen) atoms. The Bertz CT molecular complexity index is 773. The van der Waals surface area contributed by atoms with Gasteiger partial charge in [-0.05, 0) is 19.1 Å². The zero-order chi connectivity index (χ0) is 17.0. The van der Waals surface area contributed by atoms with Crippen LogP contribution in [0.3, 0.4) is 0 Å². The smallest absolute Gasteiger partial charge is 0.345 e. The van der Waals surface area contributed by atoms with E-state index < -0.39 is 29.1 Å². The number of hydrogen-bond donors (Lipinski definition) is 1. The minimum absolute atomic E-state index is 0.104. The van der Waals surface area contributed by atoms with Gasteiger partial charge in [-0.15, -0.1) is 0 Å². The van der Waals surface area contributed by atoms with Crippen LogP contribution in [0.2, 0.25) is 5.02 Å². The normalized spacial score (nSPS) is 10.2. The van der Waals surface area contributed by atoms with Gasteiger partial charge in [0.1, 0.15) is 11.3 Å². The number of hydrogen-bond acceptors (Lipinski definition) is 7. The molecule has 0 saturated carbocycles. The number of rotatable bonds is 5. The Labute approximate surface area is 134 Å². The Morgan fingerprint density at radius 3 is 2.78 bits per heavy atom. The molecule has 10 heteroatoms. The van der Waals surface area contributed by atoms with Crippen molar-refractivity contribution in [2.24, 2.45) is 0 Å². The van der Waals surface area contributed by atoms with Crippen molar-refractivity contribution in [1.82, 2.24) is 5.16 Å². The maximum atomic E-state index is 11.9. The molecule has 2 rings (SSSR count). The number of carbonyl (C=O) groups excluding carboxylic acids is 2. The van der Waals surface area contributed by atoms with Crippen LogP contribution in [-0.2, 0) is 9.53 Å². The fourth-order valence-corrected chi connectivity index (χ4v) is 1.81. The Morgan fingerprint density at radius 2 is 2.17 bits per heavy atom. The third-order valence-corrected chi connectivity index (χ3v) is 2.84. The highest BCUT2D eigenvalue weighted by molar-refractivity contribution is 6.31. The average Bonchev–Trinajstić information content (AvgIpc) is 2.89. The highest BCUT2D eigenvalue weighted by Crippen LogP contribution is 2.23. The molecular formula is C13H10ClN3O6. The van der Waals surface area contributed by atoms with E-state index in [-0.39, 0.29) is 16.4 Å². The molecule has 0 atom stereocenters. The molecule has 0 aliphatic heterocycles. The van der Waals surface area contributed by atoms with Gasteiger partial charge in [-0.3, -0.25) is 14.9 Å². The molecule has 1 heterocycles. The summed E-state index contributed by atoms with van der Waals surface area (Å²) in [5, 5.41) is 16.9. The van der Waals surface area contributed by atoms with Crippen molar-refractivity contribution in [3.63, 3.8) is 0 Å². The molecule has 1 aromatic carbocycles. The van der Waals surface area contributed by atoms with Crippen LogP contribution in [0.1, 0.15) is 16.1 Å². The highest BCUT2D eigenvalue weighted by atomic mass is 35.5. The average molecular weight is 340 g/mol. The van der Waals surface area contributed by atoms with Gasteiger partial charge in [0.15, 0.2) is 12.4 Å². The topological polar surface area (TPSA) is 125 Å². The third kappa shape index (κ3) is 4.27. The molecule has 1 aromatic heterocycles. The van der Waals surface area contributed by atoms with Gasteiger partial charge in [0.05, 0.1) is 4.92 Å². The van der Waals surface area contributed by atoms with Gasteiger partial charge in [0.25, 0.3) is 11.6 Å². The molecule has 9 nitrogen and oxygen atoms in total. The number of nitro benzene ring substituents is 1. The van der Waals surface area contributed by atoms with Crippen LogP contribution in [0, 0.1) is 17.0 Å². The molecule has 1 amide bonds. The maximum Gasteiger partial charge on any atom is 0.345 e. The van der Waals surface area contributed by atoms with Crippen molar-refractivity contribution in [2.75, 3.05) is 11.9 Å². The van der Waals surface area contributed by atoms with Gasteiger partial charge in [-0.2, -0.15) is 0 Å². The van der Waals surface area contributed by atoms with Gasteiger partial charge >= 0.3 is 5.97 Å². The number of nitrogens with one attached hydrogen (secondary N) is 1. The van der Waals surface area contributed by atoms with Crippen LogP contribution in [-0.4, -0.2) is 28.6 Å². The molecule has 0 spiro atoms. The predicted molar refractivity (Wildman–Crippen MR) is 78.3 cm³/mol. The molecule has 2 aromatic rings. The molecule has 0 bridgehead atoms. The second kappa shape index (κ2) is 6.88. The Hall–Kier alpha value is -2.94. The maximum absolute atomic E-state index is 11.9. The van der Waals surface area contributed by atoms with E-state index in [1.807, 2.05) is 0 Å². The summed E-state index contributed by atoms with van der Waals surface area (Å²) in [4.78, 5) is 33.6. The summed E-state index contributed by atoms with van der Waals surface area (Å²) in [5.74, 6) is -1.02. The Morgan fingerprint density at radius 1 is 1.43 bits per heavy atom. The summed E-state index contributed by atoms with van der Waals surface area (Å²) in [7, 11) is 0. The molecule has 120 valence electrons. The first kappa shape index (κ1) is 16.4. The lowest BCUT2D eigenvalue weighted by Gasteiger charge is -2.05. The predicted octanol–water partition coefficient (Wildman–Crippen LogP) is 2.34. The Kier molecular flexibility index (Phi) is 4.91. The van der Waals surface area contributed by atoms with Crippen molar-refractivity contribution in [2.45, 2.75) is 6.92 Å². The first-order valence-corrected chi connectivity index (χ1v) is 6.59. The number of nitro groups is 1. The third-order valence-electron chi connectivity index (χ3n) is 2.61. The van der Waals surface area contributed by atoms with Gasteiger partial charge in [-0.1, -0.05) is 16.8 Å². The summed E-state index contributed by atoms with van der Waals surface area (Å²) in [6, 6.07) is 4.96. The van der Waals surface area contributed by atoms with Gasteiger partial charge in [-0.25, -0.2) is 4.79 Å². The van der Waals surface area contributed by atoms with Crippen LogP contribution < -0.4 is 5.32 Å². The largest absolute Gasteiger partial charge is 0.452 e. The lowest BCUT2D eigenvalue weighted by Crippen LogP contribution is -2.21. The number of carbonyl (C=O) groups is 2. The van der Waals surface area contributed by atoms with Crippen LogP contribution in [0.5, 0.6) is 0 Å². The van der Waals surface area contributed by atoms with Crippen LogP contribution in [0.15, 0.2) is 28.8 Å². The number of aryl methyl sites for hydroxylation is 1. The monoisotopic (exact) mass is 339 g/mol. The second-order valence-corrected chi connectivity index (χ2v) is 4.80. The van der Waals surface area contributed by atoms with Gasteiger partial charge in [0.2, 0.25) is 0 Å².